The van der Waals surface area contributed by atoms with Crippen molar-refractivity contribution >= 4 is 23.2 Å². The highest BCUT2D eigenvalue weighted by molar-refractivity contribution is 6.30. The number of hydrogen-bond acceptors (Lipinski definition) is 3. The second-order valence-electron chi connectivity index (χ2n) is 3.68. The molecule has 0 saturated heterocycles. The number of carbonyl (C=O) groups is 1. The van der Waals surface area contributed by atoms with Crippen molar-refractivity contribution in [2.24, 2.45) is 0 Å². The van der Waals surface area contributed by atoms with Crippen molar-refractivity contribution in [1.29, 1.82) is 0 Å². The van der Waals surface area contributed by atoms with Crippen molar-refractivity contribution in [2.75, 3.05) is 6.61 Å². The minimum Gasteiger partial charge on any atom is -0.461 e. The van der Waals surface area contributed by atoms with Gasteiger partial charge >= 0.3 is 5.97 Å². The van der Waals surface area contributed by atoms with Crippen LogP contribution >= 0.6 is 11.6 Å². The first-order valence-electron chi connectivity index (χ1n) is 5.61. The van der Waals surface area contributed by atoms with Crippen LogP contribution in [-0.2, 0) is 11.2 Å². The van der Waals surface area contributed by atoms with Crippen molar-refractivity contribution < 1.29 is 13.9 Å². The van der Waals surface area contributed by atoms with Crippen LogP contribution in [0.4, 0.5) is 4.39 Å². The molecule has 0 amide bonds. The zero-order valence-electron chi connectivity index (χ0n) is 10.0. The van der Waals surface area contributed by atoms with Gasteiger partial charge in [-0.15, -0.1) is 0 Å². The number of hydrogen-bond donors (Lipinski definition) is 0. The number of halogens is 2. The van der Waals surface area contributed by atoms with Gasteiger partial charge < -0.3 is 4.74 Å². The molecule has 0 aliphatic heterocycles. The van der Waals surface area contributed by atoms with E-state index in [2.05, 4.69) is 4.98 Å². The fourth-order valence-corrected chi connectivity index (χ4v) is 1.90. The SMILES string of the molecule is CCOC(=O)c1c(CC)nc2cc(F)c(Cl)cn12. The average molecular weight is 271 g/mol. The van der Waals surface area contributed by atoms with E-state index in [-0.39, 0.29) is 11.6 Å². The number of imidazole rings is 1. The molecular formula is C12H12ClFN2O2. The van der Waals surface area contributed by atoms with Crippen molar-refractivity contribution in [3.05, 3.63) is 34.5 Å². The molecule has 0 unspecified atom stereocenters. The third-order valence-corrected chi connectivity index (χ3v) is 2.82. The summed E-state index contributed by atoms with van der Waals surface area (Å²) in [5.74, 6) is -1.04. The number of pyridine rings is 1. The number of rotatable bonds is 3. The van der Waals surface area contributed by atoms with Gasteiger partial charge in [-0.05, 0) is 13.3 Å². The van der Waals surface area contributed by atoms with E-state index in [0.717, 1.165) is 0 Å². The van der Waals surface area contributed by atoms with Gasteiger partial charge in [0.15, 0.2) is 5.69 Å². The summed E-state index contributed by atoms with van der Waals surface area (Å²) in [4.78, 5) is 16.1. The van der Waals surface area contributed by atoms with E-state index in [1.807, 2.05) is 6.92 Å². The first kappa shape index (κ1) is 12.8. The maximum Gasteiger partial charge on any atom is 0.357 e. The van der Waals surface area contributed by atoms with Crippen LogP contribution in [0.25, 0.3) is 5.65 Å². The van der Waals surface area contributed by atoms with E-state index >= 15 is 0 Å². The Morgan fingerprint density at radius 1 is 1.56 bits per heavy atom. The number of ether oxygens (including phenoxy) is 1. The lowest BCUT2D eigenvalue weighted by Crippen LogP contribution is -2.10. The maximum absolute atomic E-state index is 13.3. The Bertz CT molecular complexity index is 610. The van der Waals surface area contributed by atoms with Gasteiger partial charge in [-0.1, -0.05) is 18.5 Å². The fraction of sp³-hybridized carbons (Fsp3) is 0.333. The summed E-state index contributed by atoms with van der Waals surface area (Å²) < 4.78 is 19.8. The summed E-state index contributed by atoms with van der Waals surface area (Å²) in [6.07, 6.45) is 1.89. The largest absolute Gasteiger partial charge is 0.461 e. The lowest BCUT2D eigenvalue weighted by Gasteiger charge is -2.04. The molecule has 2 rings (SSSR count). The molecule has 0 N–H and O–H groups in total. The highest BCUT2D eigenvalue weighted by Crippen LogP contribution is 2.21. The summed E-state index contributed by atoms with van der Waals surface area (Å²) >= 11 is 5.72. The monoisotopic (exact) mass is 270 g/mol. The second kappa shape index (κ2) is 4.94. The fourth-order valence-electron chi connectivity index (χ4n) is 1.75. The number of nitrogens with zero attached hydrogens (tertiary/aromatic N) is 2. The van der Waals surface area contributed by atoms with Crippen molar-refractivity contribution in [3.8, 4) is 0 Å². The number of aryl methyl sites for hydroxylation is 1. The third kappa shape index (κ3) is 2.06. The van der Waals surface area contributed by atoms with Crippen LogP contribution in [0.5, 0.6) is 0 Å². The molecule has 0 aliphatic carbocycles. The van der Waals surface area contributed by atoms with E-state index in [1.54, 1.807) is 6.92 Å². The Labute approximate surface area is 108 Å². The van der Waals surface area contributed by atoms with Crippen LogP contribution in [0.1, 0.15) is 30.0 Å². The number of aromatic nitrogens is 2. The molecule has 96 valence electrons. The first-order valence-corrected chi connectivity index (χ1v) is 5.99. The van der Waals surface area contributed by atoms with Crippen molar-refractivity contribution in [1.82, 2.24) is 9.38 Å². The van der Waals surface area contributed by atoms with E-state index < -0.39 is 11.8 Å². The predicted octanol–water partition coefficient (Wildman–Crippen LogP) is 2.87. The second-order valence-corrected chi connectivity index (χ2v) is 4.09. The Kier molecular flexibility index (Phi) is 3.52. The van der Waals surface area contributed by atoms with Gasteiger partial charge in [0.2, 0.25) is 0 Å². The highest BCUT2D eigenvalue weighted by atomic mass is 35.5. The maximum atomic E-state index is 13.3. The van der Waals surface area contributed by atoms with Crippen molar-refractivity contribution in [3.63, 3.8) is 0 Å². The van der Waals surface area contributed by atoms with Crippen LogP contribution in [0.2, 0.25) is 5.02 Å². The molecule has 0 aromatic carbocycles. The van der Waals surface area contributed by atoms with E-state index in [1.165, 1.54) is 16.7 Å². The molecule has 0 aliphatic rings. The average Bonchev–Trinajstić information content (AvgIpc) is 2.68. The normalized spacial score (nSPS) is 10.9. The smallest absolute Gasteiger partial charge is 0.357 e. The van der Waals surface area contributed by atoms with Gasteiger partial charge in [-0.2, -0.15) is 0 Å². The topological polar surface area (TPSA) is 43.6 Å². The molecule has 0 bridgehead atoms. The van der Waals surface area contributed by atoms with Gasteiger partial charge in [-0.3, -0.25) is 4.40 Å². The highest BCUT2D eigenvalue weighted by Gasteiger charge is 2.20. The van der Waals surface area contributed by atoms with E-state index in [0.29, 0.717) is 23.5 Å². The van der Waals surface area contributed by atoms with E-state index in [9.17, 15) is 9.18 Å². The Hall–Kier alpha value is -1.62. The first-order chi connectivity index (χ1) is 8.58. The minimum absolute atomic E-state index is 0.0619. The quantitative estimate of drug-likeness (QED) is 0.806. The van der Waals surface area contributed by atoms with Gasteiger partial charge in [-0.25, -0.2) is 14.2 Å². The van der Waals surface area contributed by atoms with Gasteiger partial charge in [0.1, 0.15) is 11.5 Å². The number of esters is 1. The third-order valence-electron chi connectivity index (χ3n) is 2.54. The minimum atomic E-state index is -0.563. The molecule has 6 heteroatoms. The van der Waals surface area contributed by atoms with Crippen LogP contribution in [0.15, 0.2) is 12.3 Å². The Balaban J connectivity index is 2.68. The number of carbonyl (C=O) groups excluding carboxylic acids is 1. The summed E-state index contributed by atoms with van der Waals surface area (Å²) in [6.45, 7) is 3.85. The molecular weight excluding hydrogens is 259 g/mol. The molecule has 2 heterocycles. The molecule has 18 heavy (non-hydrogen) atoms. The van der Waals surface area contributed by atoms with Gasteiger partial charge in [0.05, 0.1) is 17.3 Å². The number of fused-ring (bicyclic) bond motifs is 1. The summed E-state index contributed by atoms with van der Waals surface area (Å²) in [6, 6.07) is 1.20. The molecule has 2 aromatic rings. The molecule has 0 fully saturated rings. The molecule has 0 saturated carbocycles. The zero-order chi connectivity index (χ0) is 13.3. The van der Waals surface area contributed by atoms with Crippen molar-refractivity contribution in [2.45, 2.75) is 20.3 Å². The van der Waals surface area contributed by atoms with Gasteiger partial charge in [0.25, 0.3) is 0 Å². The van der Waals surface area contributed by atoms with E-state index in [4.69, 9.17) is 16.3 Å². The lowest BCUT2D eigenvalue weighted by atomic mass is 10.2. The summed E-state index contributed by atoms with van der Waals surface area (Å²) in [5, 5.41) is -0.0619. The Morgan fingerprint density at radius 2 is 2.28 bits per heavy atom. The molecule has 0 atom stereocenters. The molecule has 0 spiro atoms. The lowest BCUT2D eigenvalue weighted by molar-refractivity contribution is 0.0517. The van der Waals surface area contributed by atoms with Crippen LogP contribution < -0.4 is 0 Å². The van der Waals surface area contributed by atoms with Crippen LogP contribution in [0, 0.1) is 5.82 Å². The Morgan fingerprint density at radius 3 is 2.89 bits per heavy atom. The molecule has 2 aromatic heterocycles. The zero-order valence-corrected chi connectivity index (χ0v) is 10.8. The summed E-state index contributed by atoms with van der Waals surface area (Å²) in [7, 11) is 0. The summed E-state index contributed by atoms with van der Waals surface area (Å²) in [5.41, 5.74) is 1.21. The van der Waals surface area contributed by atoms with Gasteiger partial charge in [0, 0.05) is 12.3 Å². The van der Waals surface area contributed by atoms with Crippen LogP contribution in [0.3, 0.4) is 0 Å². The predicted molar refractivity (Wildman–Crippen MR) is 65.5 cm³/mol. The molecule has 4 nitrogen and oxygen atoms in total. The van der Waals surface area contributed by atoms with Crippen LogP contribution in [-0.4, -0.2) is 22.0 Å². The standard InChI is InChI=1S/C12H12ClFN2O2/c1-3-9-11(12(17)18-4-2)16-6-7(13)8(14)5-10(16)15-9/h5-6H,3-4H2,1-2H3. The molecule has 0 radical (unpaired) electrons.